The first-order valence-electron chi connectivity index (χ1n) is 6.79. The highest BCUT2D eigenvalue weighted by atomic mass is 79.9. The van der Waals surface area contributed by atoms with Crippen LogP contribution in [0.4, 0.5) is 5.69 Å². The van der Waals surface area contributed by atoms with Crippen molar-refractivity contribution in [2.45, 2.75) is 32.3 Å². The molecule has 1 unspecified atom stereocenters. The lowest BCUT2D eigenvalue weighted by atomic mass is 9.97. The monoisotopic (exact) mass is 333 g/mol. The minimum absolute atomic E-state index is 0.523. The molecule has 0 aliphatic carbocycles. The molecule has 0 bridgehead atoms. The number of hydrogen-bond acceptors (Lipinski definition) is 2. The third-order valence-electron chi connectivity index (χ3n) is 3.48. The fraction of sp³-hybridized carbons (Fsp3) is 0.294. The SMILES string of the molecule is CC(C)c1ccc(CC(O)c2cc(Br)ccc2N)cc1. The zero-order valence-corrected chi connectivity index (χ0v) is 13.4. The zero-order valence-electron chi connectivity index (χ0n) is 11.8. The van der Waals surface area contributed by atoms with E-state index in [1.807, 2.05) is 18.2 Å². The van der Waals surface area contributed by atoms with Gasteiger partial charge in [-0.1, -0.05) is 54.0 Å². The van der Waals surface area contributed by atoms with Crippen LogP contribution < -0.4 is 5.73 Å². The van der Waals surface area contributed by atoms with Crippen LogP contribution in [0.3, 0.4) is 0 Å². The fourth-order valence-corrected chi connectivity index (χ4v) is 2.58. The summed E-state index contributed by atoms with van der Waals surface area (Å²) in [6.07, 6.45) is -0.0173. The molecule has 0 aliphatic heterocycles. The van der Waals surface area contributed by atoms with Gasteiger partial charge in [-0.3, -0.25) is 0 Å². The van der Waals surface area contributed by atoms with Gasteiger partial charge in [0.25, 0.3) is 0 Å². The standard InChI is InChI=1S/C17H20BrNO/c1-11(2)13-5-3-12(4-6-13)9-17(20)15-10-14(18)7-8-16(15)19/h3-8,10-11,17,20H,9,19H2,1-2H3. The van der Waals surface area contributed by atoms with Gasteiger partial charge in [0.2, 0.25) is 0 Å². The Morgan fingerprint density at radius 2 is 1.75 bits per heavy atom. The molecule has 0 aromatic heterocycles. The molecule has 2 nitrogen and oxygen atoms in total. The number of halogens is 1. The molecule has 2 aromatic carbocycles. The molecule has 0 radical (unpaired) electrons. The third-order valence-corrected chi connectivity index (χ3v) is 3.98. The Balaban J connectivity index is 2.14. The van der Waals surface area contributed by atoms with E-state index in [0.717, 1.165) is 15.6 Å². The summed E-state index contributed by atoms with van der Waals surface area (Å²) in [4.78, 5) is 0. The number of hydrogen-bond donors (Lipinski definition) is 2. The van der Waals surface area contributed by atoms with Crippen LogP contribution in [-0.4, -0.2) is 5.11 Å². The molecule has 3 heteroatoms. The minimum atomic E-state index is -0.586. The second kappa shape index (κ2) is 6.42. The largest absolute Gasteiger partial charge is 0.398 e. The third kappa shape index (κ3) is 3.62. The van der Waals surface area contributed by atoms with E-state index in [1.165, 1.54) is 5.56 Å². The fourth-order valence-electron chi connectivity index (χ4n) is 2.21. The van der Waals surface area contributed by atoms with Gasteiger partial charge >= 0.3 is 0 Å². The number of aliphatic hydroxyl groups excluding tert-OH is 1. The van der Waals surface area contributed by atoms with Gasteiger partial charge in [0, 0.05) is 22.1 Å². The summed E-state index contributed by atoms with van der Waals surface area (Å²) in [5.41, 5.74) is 9.74. The Morgan fingerprint density at radius 1 is 1.10 bits per heavy atom. The van der Waals surface area contributed by atoms with Crippen LogP contribution in [0.2, 0.25) is 0 Å². The summed E-state index contributed by atoms with van der Waals surface area (Å²) in [7, 11) is 0. The van der Waals surface area contributed by atoms with Crippen molar-refractivity contribution >= 4 is 21.6 Å². The highest BCUT2D eigenvalue weighted by Gasteiger charge is 2.12. The maximum atomic E-state index is 10.4. The summed E-state index contributed by atoms with van der Waals surface area (Å²) >= 11 is 3.41. The first-order chi connectivity index (χ1) is 9.47. The molecular formula is C17H20BrNO. The minimum Gasteiger partial charge on any atom is -0.398 e. The molecule has 2 aromatic rings. The van der Waals surface area contributed by atoms with Gasteiger partial charge in [-0.15, -0.1) is 0 Å². The molecule has 0 heterocycles. The lowest BCUT2D eigenvalue weighted by Crippen LogP contribution is -2.05. The van der Waals surface area contributed by atoms with Gasteiger partial charge in [-0.05, 0) is 35.2 Å². The number of rotatable bonds is 4. The van der Waals surface area contributed by atoms with Crippen LogP contribution in [0.5, 0.6) is 0 Å². The van der Waals surface area contributed by atoms with Crippen LogP contribution in [0.25, 0.3) is 0 Å². The molecule has 0 fully saturated rings. The van der Waals surface area contributed by atoms with E-state index in [2.05, 4.69) is 54.0 Å². The highest BCUT2D eigenvalue weighted by Crippen LogP contribution is 2.27. The molecular weight excluding hydrogens is 314 g/mol. The van der Waals surface area contributed by atoms with Crippen molar-refractivity contribution in [3.05, 3.63) is 63.6 Å². The van der Waals surface area contributed by atoms with Crippen molar-refractivity contribution in [1.29, 1.82) is 0 Å². The van der Waals surface area contributed by atoms with E-state index in [0.29, 0.717) is 18.0 Å². The van der Waals surface area contributed by atoms with E-state index in [4.69, 9.17) is 5.73 Å². The summed E-state index contributed by atoms with van der Waals surface area (Å²) in [6, 6.07) is 14.0. The smallest absolute Gasteiger partial charge is 0.0850 e. The Labute approximate surface area is 128 Å². The van der Waals surface area contributed by atoms with E-state index in [1.54, 1.807) is 0 Å². The van der Waals surface area contributed by atoms with E-state index in [9.17, 15) is 5.11 Å². The van der Waals surface area contributed by atoms with Gasteiger partial charge in [-0.25, -0.2) is 0 Å². The van der Waals surface area contributed by atoms with Crippen molar-refractivity contribution < 1.29 is 5.11 Å². The lowest BCUT2D eigenvalue weighted by molar-refractivity contribution is 0.179. The molecule has 2 rings (SSSR count). The Kier molecular flexibility index (Phi) is 4.84. The average Bonchev–Trinajstić information content (AvgIpc) is 2.42. The molecule has 106 valence electrons. The normalized spacial score (nSPS) is 12.7. The molecule has 1 atom stereocenters. The number of nitrogen functional groups attached to an aromatic ring is 1. The van der Waals surface area contributed by atoms with Crippen LogP contribution in [0, 0.1) is 0 Å². The zero-order chi connectivity index (χ0) is 14.7. The molecule has 0 saturated heterocycles. The van der Waals surface area contributed by atoms with E-state index in [-0.39, 0.29) is 0 Å². The van der Waals surface area contributed by atoms with Gasteiger partial charge in [0.1, 0.15) is 0 Å². The van der Waals surface area contributed by atoms with Crippen molar-refractivity contribution in [3.8, 4) is 0 Å². The average molecular weight is 334 g/mol. The van der Waals surface area contributed by atoms with Crippen LogP contribution in [-0.2, 0) is 6.42 Å². The maximum Gasteiger partial charge on any atom is 0.0850 e. The van der Waals surface area contributed by atoms with Crippen molar-refractivity contribution in [3.63, 3.8) is 0 Å². The van der Waals surface area contributed by atoms with Crippen LogP contribution in [0.1, 0.15) is 42.6 Å². The van der Waals surface area contributed by atoms with Crippen LogP contribution >= 0.6 is 15.9 Å². The number of aliphatic hydroxyl groups is 1. The summed E-state index contributed by atoms with van der Waals surface area (Å²) in [5.74, 6) is 0.523. The maximum absolute atomic E-state index is 10.4. The Bertz CT molecular complexity index is 578. The molecule has 0 amide bonds. The number of benzene rings is 2. The summed E-state index contributed by atoms with van der Waals surface area (Å²) in [6.45, 7) is 4.35. The molecule has 3 N–H and O–H groups in total. The molecule has 0 saturated carbocycles. The van der Waals surface area contributed by atoms with E-state index < -0.39 is 6.10 Å². The van der Waals surface area contributed by atoms with Crippen molar-refractivity contribution in [2.75, 3.05) is 5.73 Å². The molecule has 0 spiro atoms. The quantitative estimate of drug-likeness (QED) is 0.813. The first kappa shape index (κ1) is 15.1. The van der Waals surface area contributed by atoms with Gasteiger partial charge in [-0.2, -0.15) is 0 Å². The predicted octanol–water partition coefficient (Wildman–Crippen LogP) is 4.43. The van der Waals surface area contributed by atoms with Gasteiger partial charge in [0.05, 0.1) is 6.10 Å². The van der Waals surface area contributed by atoms with Crippen molar-refractivity contribution in [2.24, 2.45) is 0 Å². The lowest BCUT2D eigenvalue weighted by Gasteiger charge is -2.14. The second-order valence-corrected chi connectivity index (χ2v) is 6.31. The Morgan fingerprint density at radius 3 is 2.35 bits per heavy atom. The Hall–Kier alpha value is -1.32. The first-order valence-corrected chi connectivity index (χ1v) is 7.58. The predicted molar refractivity (Wildman–Crippen MR) is 87.7 cm³/mol. The van der Waals surface area contributed by atoms with Gasteiger partial charge in [0.15, 0.2) is 0 Å². The molecule has 0 aliphatic rings. The highest BCUT2D eigenvalue weighted by molar-refractivity contribution is 9.10. The molecule has 20 heavy (non-hydrogen) atoms. The second-order valence-electron chi connectivity index (χ2n) is 5.39. The van der Waals surface area contributed by atoms with Crippen molar-refractivity contribution in [1.82, 2.24) is 0 Å². The van der Waals surface area contributed by atoms with Gasteiger partial charge < -0.3 is 10.8 Å². The van der Waals surface area contributed by atoms with E-state index >= 15 is 0 Å². The number of anilines is 1. The summed E-state index contributed by atoms with van der Waals surface area (Å²) in [5, 5.41) is 10.4. The van der Waals surface area contributed by atoms with Crippen LogP contribution in [0.15, 0.2) is 46.9 Å². The number of nitrogens with two attached hydrogens (primary N) is 1. The topological polar surface area (TPSA) is 46.2 Å². The summed E-state index contributed by atoms with van der Waals surface area (Å²) < 4.78 is 0.927.